The maximum atomic E-state index is 12.3. The number of carboxylic acids is 1. The average molecular weight is 284 g/mol. The predicted molar refractivity (Wildman–Crippen MR) is 78.7 cm³/mol. The number of hydrogen-bond acceptors (Lipinski definition) is 2. The van der Waals surface area contributed by atoms with Crippen LogP contribution in [0.25, 0.3) is 0 Å². The third-order valence-electron chi connectivity index (χ3n) is 4.54. The smallest absolute Gasteiger partial charge is 0.317 e. The Morgan fingerprint density at radius 1 is 1.35 bits per heavy atom. The molecule has 1 rings (SSSR count). The van der Waals surface area contributed by atoms with Crippen molar-refractivity contribution in [3.05, 3.63) is 0 Å². The standard InChI is InChI=1S/C15H28N2O3/c1-4-15(3,5-2)16-14(20)17-10-6-7-12(11-17)8-9-13(18)19/h12H,4-11H2,1-3H3,(H,16,20)(H,18,19). The number of urea groups is 1. The van der Waals surface area contributed by atoms with Crippen molar-refractivity contribution in [3.8, 4) is 0 Å². The molecule has 2 amide bonds. The molecular weight excluding hydrogens is 256 g/mol. The van der Waals surface area contributed by atoms with Crippen LogP contribution in [0.2, 0.25) is 0 Å². The lowest BCUT2D eigenvalue weighted by molar-refractivity contribution is -0.137. The summed E-state index contributed by atoms with van der Waals surface area (Å²) in [5, 5.41) is 11.9. The van der Waals surface area contributed by atoms with Crippen LogP contribution in [-0.2, 0) is 4.79 Å². The predicted octanol–water partition coefficient (Wildman–Crippen LogP) is 2.85. The lowest BCUT2D eigenvalue weighted by Gasteiger charge is -2.36. The number of nitrogens with one attached hydrogen (secondary N) is 1. The summed E-state index contributed by atoms with van der Waals surface area (Å²) in [5.41, 5.74) is -0.148. The van der Waals surface area contributed by atoms with Crippen LogP contribution >= 0.6 is 0 Å². The maximum Gasteiger partial charge on any atom is 0.317 e. The molecule has 2 N–H and O–H groups in total. The molecule has 5 heteroatoms. The first-order valence-electron chi connectivity index (χ1n) is 7.69. The fraction of sp³-hybridized carbons (Fsp3) is 0.867. The number of carbonyl (C=O) groups excluding carboxylic acids is 1. The third kappa shape index (κ3) is 5.02. The molecule has 20 heavy (non-hydrogen) atoms. The van der Waals surface area contributed by atoms with E-state index in [0.717, 1.165) is 32.2 Å². The van der Waals surface area contributed by atoms with Crippen LogP contribution in [-0.4, -0.2) is 40.6 Å². The molecule has 1 fully saturated rings. The number of hydrogen-bond donors (Lipinski definition) is 2. The second kappa shape index (κ2) is 7.50. The quantitative estimate of drug-likeness (QED) is 0.788. The van der Waals surface area contributed by atoms with E-state index < -0.39 is 5.97 Å². The number of amides is 2. The van der Waals surface area contributed by atoms with Crippen LogP contribution in [0.15, 0.2) is 0 Å². The van der Waals surface area contributed by atoms with Gasteiger partial charge in [-0.2, -0.15) is 0 Å². The lowest BCUT2D eigenvalue weighted by atomic mass is 9.93. The number of carbonyl (C=O) groups is 2. The van der Waals surface area contributed by atoms with Crippen LogP contribution in [0, 0.1) is 5.92 Å². The zero-order valence-corrected chi connectivity index (χ0v) is 12.9. The number of likely N-dealkylation sites (tertiary alicyclic amines) is 1. The van der Waals surface area contributed by atoms with Crippen LogP contribution in [0.3, 0.4) is 0 Å². The van der Waals surface area contributed by atoms with Gasteiger partial charge in [-0.3, -0.25) is 4.79 Å². The van der Waals surface area contributed by atoms with Crippen molar-refractivity contribution in [2.24, 2.45) is 5.92 Å². The molecule has 0 aromatic heterocycles. The fourth-order valence-electron chi connectivity index (χ4n) is 2.58. The van der Waals surface area contributed by atoms with E-state index in [1.54, 1.807) is 0 Å². The molecule has 5 nitrogen and oxygen atoms in total. The van der Waals surface area contributed by atoms with Gasteiger partial charge in [0.2, 0.25) is 0 Å². The van der Waals surface area contributed by atoms with Crippen molar-refractivity contribution in [2.45, 2.75) is 64.8 Å². The Hall–Kier alpha value is -1.26. The van der Waals surface area contributed by atoms with Gasteiger partial charge in [-0.05, 0) is 44.9 Å². The van der Waals surface area contributed by atoms with Gasteiger partial charge in [-0.15, -0.1) is 0 Å². The van der Waals surface area contributed by atoms with Gasteiger partial charge in [0.05, 0.1) is 0 Å². The molecular formula is C15H28N2O3. The average Bonchev–Trinajstić information content (AvgIpc) is 2.45. The highest BCUT2D eigenvalue weighted by Crippen LogP contribution is 2.22. The van der Waals surface area contributed by atoms with Gasteiger partial charge in [0, 0.05) is 25.0 Å². The summed E-state index contributed by atoms with van der Waals surface area (Å²) in [7, 11) is 0. The molecule has 0 aromatic rings. The third-order valence-corrected chi connectivity index (χ3v) is 4.54. The minimum absolute atomic E-state index is 0.00350. The maximum absolute atomic E-state index is 12.3. The number of nitrogens with zero attached hydrogens (tertiary/aromatic N) is 1. The molecule has 0 bridgehead atoms. The number of carboxylic acid groups (broad SMARTS) is 1. The topological polar surface area (TPSA) is 69.6 Å². The normalized spacial score (nSPS) is 19.8. The van der Waals surface area contributed by atoms with Crippen molar-refractivity contribution < 1.29 is 14.7 Å². The van der Waals surface area contributed by atoms with Crippen LogP contribution in [0.1, 0.15) is 59.3 Å². The summed E-state index contributed by atoms with van der Waals surface area (Å²) < 4.78 is 0. The van der Waals surface area contributed by atoms with Crippen LogP contribution < -0.4 is 5.32 Å². The Bertz CT molecular complexity index is 340. The van der Waals surface area contributed by atoms with Crippen molar-refractivity contribution >= 4 is 12.0 Å². The summed E-state index contributed by atoms with van der Waals surface area (Å²) in [5.74, 6) is -0.434. The van der Waals surface area contributed by atoms with Gasteiger partial charge >= 0.3 is 12.0 Å². The summed E-state index contributed by atoms with van der Waals surface area (Å²) in [6.45, 7) is 7.68. The highest BCUT2D eigenvalue weighted by molar-refractivity contribution is 5.75. The zero-order chi connectivity index (χ0) is 15.2. The van der Waals surface area contributed by atoms with Gasteiger partial charge in [0.1, 0.15) is 0 Å². The molecule has 116 valence electrons. The van der Waals surface area contributed by atoms with Gasteiger partial charge in [-0.25, -0.2) is 4.79 Å². The summed E-state index contributed by atoms with van der Waals surface area (Å²) in [4.78, 5) is 24.8. The Balaban J connectivity index is 2.49. The minimum Gasteiger partial charge on any atom is -0.481 e. The van der Waals surface area contributed by atoms with E-state index in [4.69, 9.17) is 5.11 Å². The van der Waals surface area contributed by atoms with Crippen molar-refractivity contribution in [1.82, 2.24) is 10.2 Å². The first kappa shape index (κ1) is 16.8. The highest BCUT2D eigenvalue weighted by Gasteiger charge is 2.28. The molecule has 1 saturated heterocycles. The molecule has 0 radical (unpaired) electrons. The first-order chi connectivity index (χ1) is 9.40. The van der Waals surface area contributed by atoms with E-state index in [-0.39, 0.29) is 18.0 Å². The molecule has 1 atom stereocenters. The van der Waals surface area contributed by atoms with Gasteiger partial charge in [0.25, 0.3) is 0 Å². The largest absolute Gasteiger partial charge is 0.481 e. The Kier molecular flexibility index (Phi) is 6.30. The monoisotopic (exact) mass is 284 g/mol. The fourth-order valence-corrected chi connectivity index (χ4v) is 2.58. The summed E-state index contributed by atoms with van der Waals surface area (Å²) in [6, 6.07) is -0.00350. The molecule has 1 unspecified atom stereocenters. The lowest BCUT2D eigenvalue weighted by Crippen LogP contribution is -2.53. The van der Waals surface area contributed by atoms with Crippen LogP contribution in [0.4, 0.5) is 4.79 Å². The Morgan fingerprint density at radius 3 is 2.55 bits per heavy atom. The SMILES string of the molecule is CCC(C)(CC)NC(=O)N1CCCC(CCC(=O)O)C1. The Morgan fingerprint density at radius 2 is 2.00 bits per heavy atom. The van der Waals surface area contributed by atoms with E-state index in [1.165, 1.54) is 0 Å². The van der Waals surface area contributed by atoms with E-state index in [1.807, 2.05) is 4.90 Å². The molecule has 0 aromatic carbocycles. The van der Waals surface area contributed by atoms with E-state index in [2.05, 4.69) is 26.1 Å². The van der Waals surface area contributed by atoms with E-state index in [0.29, 0.717) is 18.9 Å². The molecule has 1 aliphatic heterocycles. The van der Waals surface area contributed by atoms with Gasteiger partial charge in [-0.1, -0.05) is 13.8 Å². The van der Waals surface area contributed by atoms with Crippen LogP contribution in [0.5, 0.6) is 0 Å². The van der Waals surface area contributed by atoms with Crippen molar-refractivity contribution in [3.63, 3.8) is 0 Å². The van der Waals surface area contributed by atoms with Gasteiger partial charge in [0.15, 0.2) is 0 Å². The van der Waals surface area contributed by atoms with E-state index >= 15 is 0 Å². The zero-order valence-electron chi connectivity index (χ0n) is 12.9. The highest BCUT2D eigenvalue weighted by atomic mass is 16.4. The number of aliphatic carboxylic acids is 1. The molecule has 0 aliphatic carbocycles. The Labute approximate surface area is 121 Å². The molecule has 1 aliphatic rings. The summed E-state index contributed by atoms with van der Waals surface area (Å²) in [6.07, 6.45) is 4.67. The van der Waals surface area contributed by atoms with Gasteiger partial charge < -0.3 is 15.3 Å². The number of rotatable bonds is 6. The molecule has 0 saturated carbocycles. The van der Waals surface area contributed by atoms with E-state index in [9.17, 15) is 9.59 Å². The van der Waals surface area contributed by atoms with Crippen molar-refractivity contribution in [1.29, 1.82) is 0 Å². The van der Waals surface area contributed by atoms with Crippen molar-refractivity contribution in [2.75, 3.05) is 13.1 Å². The first-order valence-corrected chi connectivity index (χ1v) is 7.69. The summed E-state index contributed by atoms with van der Waals surface area (Å²) >= 11 is 0. The second-order valence-electron chi connectivity index (χ2n) is 6.08. The second-order valence-corrected chi connectivity index (χ2v) is 6.08. The number of piperidine rings is 1. The minimum atomic E-state index is -0.754. The molecule has 0 spiro atoms. The molecule has 1 heterocycles.